The summed E-state index contributed by atoms with van der Waals surface area (Å²) in [6, 6.07) is 0.213. The van der Waals surface area contributed by atoms with Gasteiger partial charge in [0.25, 0.3) is 0 Å². The molecular formula is C12H24N2O2. The first-order valence-electron chi connectivity index (χ1n) is 6.24. The third-order valence-corrected chi connectivity index (χ3v) is 2.96. The number of piperidine rings is 1. The fourth-order valence-electron chi connectivity index (χ4n) is 2.28. The Balaban J connectivity index is 2.28. The molecule has 1 heterocycles. The van der Waals surface area contributed by atoms with Gasteiger partial charge in [0.2, 0.25) is 5.91 Å². The molecule has 1 amide bonds. The molecule has 1 saturated heterocycles. The van der Waals surface area contributed by atoms with Crippen molar-refractivity contribution in [1.29, 1.82) is 0 Å². The predicted molar refractivity (Wildman–Crippen MR) is 64.1 cm³/mol. The number of carbonyl (C=O) groups excluding carboxylic acids is 1. The second-order valence-corrected chi connectivity index (χ2v) is 4.98. The Morgan fingerprint density at radius 1 is 1.56 bits per heavy atom. The van der Waals surface area contributed by atoms with E-state index in [9.17, 15) is 4.79 Å². The molecule has 4 heteroatoms. The smallest absolute Gasteiger partial charge is 0.234 e. The quantitative estimate of drug-likeness (QED) is 0.725. The molecule has 0 saturated carbocycles. The molecule has 0 aromatic carbocycles. The van der Waals surface area contributed by atoms with Crippen LogP contribution in [0.1, 0.15) is 33.1 Å². The zero-order chi connectivity index (χ0) is 12.0. The van der Waals surface area contributed by atoms with E-state index in [2.05, 4.69) is 10.2 Å². The summed E-state index contributed by atoms with van der Waals surface area (Å²) in [5.74, 6) is 0.672. The van der Waals surface area contributed by atoms with Gasteiger partial charge in [-0.15, -0.1) is 0 Å². The standard InChI is InChI=1S/C12H24N2O2/c1-10(2)13-12(16)9-14-6-3-4-11(8-14)5-7-15/h10-11,15H,3-9H2,1-2H3,(H,13,16). The highest BCUT2D eigenvalue weighted by atomic mass is 16.3. The van der Waals surface area contributed by atoms with Gasteiger partial charge in [-0.25, -0.2) is 0 Å². The van der Waals surface area contributed by atoms with Crippen LogP contribution in [-0.2, 0) is 4.79 Å². The van der Waals surface area contributed by atoms with E-state index >= 15 is 0 Å². The molecule has 94 valence electrons. The van der Waals surface area contributed by atoms with Crippen LogP contribution < -0.4 is 5.32 Å². The molecule has 0 aromatic rings. The number of likely N-dealkylation sites (tertiary alicyclic amines) is 1. The van der Waals surface area contributed by atoms with Gasteiger partial charge in [-0.1, -0.05) is 0 Å². The van der Waals surface area contributed by atoms with Crippen LogP contribution in [0.4, 0.5) is 0 Å². The molecule has 1 aliphatic heterocycles. The van der Waals surface area contributed by atoms with E-state index in [0.29, 0.717) is 12.5 Å². The van der Waals surface area contributed by atoms with Crippen molar-refractivity contribution in [2.75, 3.05) is 26.2 Å². The van der Waals surface area contributed by atoms with Gasteiger partial charge in [0, 0.05) is 19.2 Å². The summed E-state index contributed by atoms with van der Waals surface area (Å²) in [4.78, 5) is 13.8. The second kappa shape index (κ2) is 6.86. The van der Waals surface area contributed by atoms with Crippen LogP contribution in [0.25, 0.3) is 0 Å². The first-order chi connectivity index (χ1) is 7.61. The van der Waals surface area contributed by atoms with Crippen LogP contribution in [0, 0.1) is 5.92 Å². The third kappa shape index (κ3) is 4.94. The van der Waals surface area contributed by atoms with Crippen LogP contribution in [0.3, 0.4) is 0 Å². The molecule has 1 aliphatic rings. The number of hydrogen-bond acceptors (Lipinski definition) is 3. The number of nitrogens with one attached hydrogen (secondary N) is 1. The normalized spacial score (nSPS) is 22.4. The maximum absolute atomic E-state index is 11.6. The lowest BCUT2D eigenvalue weighted by Gasteiger charge is -2.32. The van der Waals surface area contributed by atoms with Gasteiger partial charge in [-0.3, -0.25) is 9.69 Å². The number of nitrogens with zero attached hydrogens (tertiary/aromatic N) is 1. The third-order valence-electron chi connectivity index (χ3n) is 2.96. The molecule has 1 unspecified atom stereocenters. The van der Waals surface area contributed by atoms with Gasteiger partial charge in [-0.2, -0.15) is 0 Å². The fraction of sp³-hybridized carbons (Fsp3) is 0.917. The van der Waals surface area contributed by atoms with E-state index in [4.69, 9.17) is 5.11 Å². The molecule has 1 fully saturated rings. The summed E-state index contributed by atoms with van der Waals surface area (Å²) in [5, 5.41) is 11.8. The Morgan fingerprint density at radius 2 is 2.31 bits per heavy atom. The SMILES string of the molecule is CC(C)NC(=O)CN1CCCC(CCO)C1. The lowest BCUT2D eigenvalue weighted by atomic mass is 9.95. The van der Waals surface area contributed by atoms with E-state index in [1.165, 1.54) is 6.42 Å². The summed E-state index contributed by atoms with van der Waals surface area (Å²) in [6.07, 6.45) is 3.19. The number of aliphatic hydroxyl groups is 1. The molecule has 0 aromatic heterocycles. The van der Waals surface area contributed by atoms with Crippen molar-refractivity contribution in [2.45, 2.75) is 39.2 Å². The molecule has 1 rings (SSSR count). The van der Waals surface area contributed by atoms with Gasteiger partial charge in [-0.05, 0) is 45.6 Å². The van der Waals surface area contributed by atoms with Crippen molar-refractivity contribution in [3.63, 3.8) is 0 Å². The van der Waals surface area contributed by atoms with Gasteiger partial charge in [0.05, 0.1) is 6.54 Å². The van der Waals surface area contributed by atoms with Gasteiger partial charge in [0.1, 0.15) is 0 Å². The zero-order valence-electron chi connectivity index (χ0n) is 10.4. The Hall–Kier alpha value is -0.610. The zero-order valence-corrected chi connectivity index (χ0v) is 10.4. The lowest BCUT2D eigenvalue weighted by Crippen LogP contribution is -2.44. The highest BCUT2D eigenvalue weighted by Crippen LogP contribution is 2.18. The molecule has 0 radical (unpaired) electrons. The van der Waals surface area contributed by atoms with Crippen LogP contribution >= 0.6 is 0 Å². The molecule has 4 nitrogen and oxygen atoms in total. The van der Waals surface area contributed by atoms with Crippen molar-refractivity contribution >= 4 is 5.91 Å². The molecule has 0 bridgehead atoms. The maximum Gasteiger partial charge on any atom is 0.234 e. The first kappa shape index (κ1) is 13.5. The molecule has 0 aliphatic carbocycles. The summed E-state index contributed by atoms with van der Waals surface area (Å²) in [7, 11) is 0. The minimum Gasteiger partial charge on any atom is -0.396 e. The fourth-order valence-corrected chi connectivity index (χ4v) is 2.28. The van der Waals surface area contributed by atoms with Crippen molar-refractivity contribution in [3.8, 4) is 0 Å². The molecule has 16 heavy (non-hydrogen) atoms. The van der Waals surface area contributed by atoms with Gasteiger partial charge >= 0.3 is 0 Å². The van der Waals surface area contributed by atoms with E-state index in [-0.39, 0.29) is 18.6 Å². The molecular weight excluding hydrogens is 204 g/mol. The van der Waals surface area contributed by atoms with Crippen molar-refractivity contribution in [1.82, 2.24) is 10.2 Å². The highest BCUT2D eigenvalue weighted by molar-refractivity contribution is 5.78. The Labute approximate surface area is 98.0 Å². The number of carbonyl (C=O) groups is 1. The minimum atomic E-state index is 0.111. The predicted octanol–water partition coefficient (Wildman–Crippen LogP) is 0.605. The van der Waals surface area contributed by atoms with Crippen LogP contribution in [0.5, 0.6) is 0 Å². The lowest BCUT2D eigenvalue weighted by molar-refractivity contribution is -0.123. The average molecular weight is 228 g/mol. The number of aliphatic hydroxyl groups excluding tert-OH is 1. The summed E-state index contributed by atoms with van der Waals surface area (Å²) in [6.45, 7) is 6.67. The largest absolute Gasteiger partial charge is 0.396 e. The number of hydrogen-bond donors (Lipinski definition) is 2. The average Bonchev–Trinajstić information content (AvgIpc) is 2.17. The van der Waals surface area contributed by atoms with E-state index in [1.807, 2.05) is 13.8 Å². The number of rotatable bonds is 5. The van der Waals surface area contributed by atoms with Crippen molar-refractivity contribution in [2.24, 2.45) is 5.92 Å². The van der Waals surface area contributed by atoms with Crippen LogP contribution in [-0.4, -0.2) is 48.2 Å². The minimum absolute atomic E-state index is 0.111. The highest BCUT2D eigenvalue weighted by Gasteiger charge is 2.21. The van der Waals surface area contributed by atoms with Crippen LogP contribution in [0.15, 0.2) is 0 Å². The Kier molecular flexibility index (Phi) is 5.77. The summed E-state index contributed by atoms with van der Waals surface area (Å²) >= 11 is 0. The van der Waals surface area contributed by atoms with Crippen LogP contribution in [0.2, 0.25) is 0 Å². The number of amides is 1. The second-order valence-electron chi connectivity index (χ2n) is 4.98. The molecule has 2 N–H and O–H groups in total. The van der Waals surface area contributed by atoms with E-state index in [1.54, 1.807) is 0 Å². The topological polar surface area (TPSA) is 52.6 Å². The molecule has 1 atom stereocenters. The monoisotopic (exact) mass is 228 g/mol. The maximum atomic E-state index is 11.6. The molecule has 0 spiro atoms. The van der Waals surface area contributed by atoms with Crippen molar-refractivity contribution in [3.05, 3.63) is 0 Å². The van der Waals surface area contributed by atoms with E-state index < -0.39 is 0 Å². The first-order valence-corrected chi connectivity index (χ1v) is 6.24. The van der Waals surface area contributed by atoms with Gasteiger partial charge < -0.3 is 10.4 Å². The summed E-state index contributed by atoms with van der Waals surface area (Å²) < 4.78 is 0. The van der Waals surface area contributed by atoms with Crippen molar-refractivity contribution < 1.29 is 9.90 Å². The summed E-state index contributed by atoms with van der Waals surface area (Å²) in [5.41, 5.74) is 0. The van der Waals surface area contributed by atoms with E-state index in [0.717, 1.165) is 25.9 Å². The Morgan fingerprint density at radius 3 is 2.94 bits per heavy atom. The Bertz CT molecular complexity index is 217. The van der Waals surface area contributed by atoms with Gasteiger partial charge in [0.15, 0.2) is 0 Å².